The van der Waals surface area contributed by atoms with Gasteiger partial charge in [-0.3, -0.25) is 14.5 Å². The van der Waals surface area contributed by atoms with Crippen molar-refractivity contribution >= 4 is 67.5 Å². The predicted molar refractivity (Wildman–Crippen MR) is 111 cm³/mol. The van der Waals surface area contributed by atoms with E-state index in [4.69, 9.17) is 0 Å². The van der Waals surface area contributed by atoms with Gasteiger partial charge in [0.1, 0.15) is 5.75 Å². The van der Waals surface area contributed by atoms with Gasteiger partial charge in [-0.1, -0.05) is 45.8 Å². The van der Waals surface area contributed by atoms with E-state index in [1.54, 1.807) is 18.2 Å². The van der Waals surface area contributed by atoms with Gasteiger partial charge in [0.25, 0.3) is 11.1 Å². The molecule has 0 atom stereocenters. The maximum Gasteiger partial charge on any atom is 0.293 e. The van der Waals surface area contributed by atoms with Crippen LogP contribution in [0.15, 0.2) is 45.8 Å². The fourth-order valence-electron chi connectivity index (χ4n) is 2.35. The highest BCUT2D eigenvalue weighted by Gasteiger charge is 2.35. The number of carbonyl (C=O) groups excluding carboxylic acids is 2. The van der Waals surface area contributed by atoms with Crippen LogP contribution >= 0.6 is 50.3 Å². The van der Waals surface area contributed by atoms with Crippen LogP contribution < -0.4 is 0 Å². The van der Waals surface area contributed by atoms with Crippen LogP contribution in [0.1, 0.15) is 16.7 Å². The summed E-state index contributed by atoms with van der Waals surface area (Å²) >= 11 is 6.28. The highest BCUT2D eigenvalue weighted by Crippen LogP contribution is 2.36. The Bertz CT molecular complexity index is 896. The van der Waals surface area contributed by atoms with Gasteiger partial charge in [0.2, 0.25) is 0 Å². The van der Waals surface area contributed by atoms with E-state index in [1.807, 2.05) is 53.8 Å². The fourth-order valence-corrected chi connectivity index (χ4v) is 4.73. The molecule has 25 heavy (non-hydrogen) atoms. The maximum atomic E-state index is 12.6. The molecular weight excluding hydrogens is 517 g/mol. The van der Waals surface area contributed by atoms with E-state index in [9.17, 15) is 14.7 Å². The lowest BCUT2D eigenvalue weighted by molar-refractivity contribution is -0.123. The number of hydrogen-bond donors (Lipinski definition) is 1. The van der Waals surface area contributed by atoms with Crippen LogP contribution in [0.25, 0.3) is 6.08 Å². The van der Waals surface area contributed by atoms with Crippen LogP contribution in [-0.4, -0.2) is 21.2 Å². The van der Waals surface area contributed by atoms with E-state index in [1.165, 1.54) is 4.90 Å². The van der Waals surface area contributed by atoms with Crippen molar-refractivity contribution in [3.63, 3.8) is 0 Å². The van der Waals surface area contributed by atoms with Crippen molar-refractivity contribution in [1.29, 1.82) is 0 Å². The zero-order valence-electron chi connectivity index (χ0n) is 13.1. The minimum atomic E-state index is -0.343. The summed E-state index contributed by atoms with van der Waals surface area (Å²) in [5, 5.41) is 9.86. The predicted octanol–water partition coefficient (Wildman–Crippen LogP) is 5.30. The van der Waals surface area contributed by atoms with E-state index in [0.29, 0.717) is 14.0 Å². The van der Waals surface area contributed by atoms with E-state index in [0.717, 1.165) is 27.4 Å². The van der Waals surface area contributed by atoms with Crippen LogP contribution in [-0.2, 0) is 11.3 Å². The fraction of sp³-hybridized carbons (Fsp3) is 0.111. The van der Waals surface area contributed by atoms with E-state index < -0.39 is 0 Å². The molecule has 1 fully saturated rings. The summed E-state index contributed by atoms with van der Waals surface area (Å²) in [6, 6.07) is 11.2. The molecule has 1 heterocycles. The summed E-state index contributed by atoms with van der Waals surface area (Å²) in [7, 11) is 0. The molecule has 0 radical (unpaired) electrons. The first-order valence-electron chi connectivity index (χ1n) is 7.34. The molecule has 0 unspecified atom stereocenters. The molecule has 3 rings (SSSR count). The zero-order valence-corrected chi connectivity index (χ0v) is 17.7. The number of imide groups is 1. The highest BCUT2D eigenvalue weighted by atomic mass is 127. The van der Waals surface area contributed by atoms with Crippen molar-refractivity contribution in [2.75, 3.05) is 0 Å². The molecule has 2 amide bonds. The molecule has 2 aromatic carbocycles. The quantitative estimate of drug-likeness (QED) is 0.433. The van der Waals surface area contributed by atoms with Gasteiger partial charge in [-0.2, -0.15) is 0 Å². The Labute approximate surface area is 171 Å². The first kappa shape index (κ1) is 18.5. The second-order valence-electron chi connectivity index (χ2n) is 5.58. The van der Waals surface area contributed by atoms with Gasteiger partial charge in [0.05, 0.1) is 15.0 Å². The SMILES string of the molecule is Cc1ccc(CN2C(=O)S/C(=C\c3cc(Br)cc(I)c3O)C2=O)cc1. The number of thioether (sulfide) groups is 1. The van der Waals surface area contributed by atoms with E-state index in [2.05, 4.69) is 15.9 Å². The summed E-state index contributed by atoms with van der Waals surface area (Å²) in [6.07, 6.45) is 1.56. The summed E-state index contributed by atoms with van der Waals surface area (Å²) in [6.45, 7) is 2.22. The third kappa shape index (κ3) is 4.09. The van der Waals surface area contributed by atoms with Crippen LogP contribution in [0.2, 0.25) is 0 Å². The largest absolute Gasteiger partial charge is 0.506 e. The lowest BCUT2D eigenvalue weighted by Crippen LogP contribution is -2.27. The van der Waals surface area contributed by atoms with Crippen LogP contribution in [0, 0.1) is 10.5 Å². The van der Waals surface area contributed by atoms with Crippen molar-refractivity contribution in [2.45, 2.75) is 13.5 Å². The van der Waals surface area contributed by atoms with Gasteiger partial charge in [-0.15, -0.1) is 0 Å². The lowest BCUT2D eigenvalue weighted by atomic mass is 10.1. The molecule has 2 aromatic rings. The summed E-state index contributed by atoms with van der Waals surface area (Å²) < 4.78 is 1.46. The third-order valence-corrected chi connectivity index (χ3v) is 5.87. The molecule has 1 saturated heterocycles. The number of halogens is 2. The molecule has 0 bridgehead atoms. The number of benzene rings is 2. The molecule has 0 spiro atoms. The lowest BCUT2D eigenvalue weighted by Gasteiger charge is -2.12. The molecule has 1 aliphatic rings. The average molecular weight is 530 g/mol. The number of phenolic OH excluding ortho intramolecular Hbond substituents is 1. The number of aryl methyl sites for hydroxylation is 1. The van der Waals surface area contributed by atoms with Crippen LogP contribution in [0.3, 0.4) is 0 Å². The van der Waals surface area contributed by atoms with Crippen molar-refractivity contribution in [3.8, 4) is 5.75 Å². The molecule has 0 aromatic heterocycles. The Hall–Kier alpha value is -1.32. The molecular formula is C18H13BrINO3S. The van der Waals surface area contributed by atoms with Crippen molar-refractivity contribution in [2.24, 2.45) is 0 Å². The Morgan fingerprint density at radius 2 is 1.92 bits per heavy atom. The monoisotopic (exact) mass is 529 g/mol. The standard InChI is InChI=1S/C18H13BrINO3S/c1-10-2-4-11(5-3-10)9-21-17(23)15(25-18(21)24)7-12-6-13(19)8-14(20)16(12)22/h2-8,22H,9H2,1H3/b15-7-. The Morgan fingerprint density at radius 1 is 1.24 bits per heavy atom. The summed E-state index contributed by atoms with van der Waals surface area (Å²) in [5.41, 5.74) is 2.52. The smallest absolute Gasteiger partial charge is 0.293 e. The number of nitrogens with zero attached hydrogens (tertiary/aromatic N) is 1. The number of aromatic hydroxyl groups is 1. The minimum absolute atomic E-state index is 0.0918. The molecule has 4 nitrogen and oxygen atoms in total. The second kappa shape index (κ2) is 7.51. The normalized spacial score (nSPS) is 16.1. The number of amides is 2. The highest BCUT2D eigenvalue weighted by molar-refractivity contribution is 14.1. The van der Waals surface area contributed by atoms with Gasteiger partial charge in [-0.25, -0.2) is 0 Å². The molecule has 7 heteroatoms. The summed E-state index contributed by atoms with van der Waals surface area (Å²) in [5.74, 6) is -0.251. The first-order valence-corrected chi connectivity index (χ1v) is 10.0. The molecule has 128 valence electrons. The van der Waals surface area contributed by atoms with Gasteiger partial charge in [0.15, 0.2) is 0 Å². The molecule has 0 saturated carbocycles. The maximum absolute atomic E-state index is 12.6. The van der Waals surface area contributed by atoms with Gasteiger partial charge >= 0.3 is 0 Å². The number of hydrogen-bond acceptors (Lipinski definition) is 4. The average Bonchev–Trinajstić information content (AvgIpc) is 2.81. The van der Waals surface area contributed by atoms with Gasteiger partial charge in [-0.05, 0) is 65.0 Å². The van der Waals surface area contributed by atoms with Gasteiger partial charge < -0.3 is 5.11 Å². The Morgan fingerprint density at radius 3 is 2.60 bits per heavy atom. The second-order valence-corrected chi connectivity index (χ2v) is 8.65. The van der Waals surface area contributed by atoms with Crippen molar-refractivity contribution < 1.29 is 14.7 Å². The molecule has 1 N–H and O–H groups in total. The Balaban J connectivity index is 1.87. The van der Waals surface area contributed by atoms with Crippen molar-refractivity contribution in [1.82, 2.24) is 4.90 Å². The van der Waals surface area contributed by atoms with Crippen LogP contribution in [0.4, 0.5) is 4.79 Å². The third-order valence-electron chi connectivity index (χ3n) is 3.68. The number of rotatable bonds is 3. The van der Waals surface area contributed by atoms with Gasteiger partial charge in [0, 0.05) is 10.0 Å². The van der Waals surface area contributed by atoms with Crippen LogP contribution in [0.5, 0.6) is 5.75 Å². The Kier molecular flexibility index (Phi) is 5.55. The zero-order chi connectivity index (χ0) is 18.1. The van der Waals surface area contributed by atoms with E-state index in [-0.39, 0.29) is 23.4 Å². The topological polar surface area (TPSA) is 57.6 Å². The molecule has 1 aliphatic heterocycles. The molecule has 0 aliphatic carbocycles. The van der Waals surface area contributed by atoms with Crippen molar-refractivity contribution in [3.05, 3.63) is 66.0 Å². The first-order chi connectivity index (χ1) is 11.8. The summed E-state index contributed by atoms with van der Waals surface area (Å²) in [4.78, 5) is 26.4. The van der Waals surface area contributed by atoms with E-state index >= 15 is 0 Å². The number of carbonyl (C=O) groups is 2. The number of phenols is 1. The minimum Gasteiger partial charge on any atom is -0.506 e.